The van der Waals surface area contributed by atoms with Gasteiger partial charge in [0, 0.05) is 19.4 Å². The first kappa shape index (κ1) is 26.6. The molecule has 1 heterocycles. The van der Waals surface area contributed by atoms with Crippen LogP contribution in [-0.2, 0) is 16.0 Å². The van der Waals surface area contributed by atoms with Crippen LogP contribution in [-0.4, -0.2) is 41.5 Å². The number of amidine groups is 1. The van der Waals surface area contributed by atoms with Crippen LogP contribution in [0.1, 0.15) is 49.7 Å². The highest BCUT2D eigenvalue weighted by Crippen LogP contribution is 2.21. The van der Waals surface area contributed by atoms with Gasteiger partial charge in [-0.05, 0) is 30.4 Å². The largest absolute Gasteiger partial charge is 0.338 e. The molecule has 0 aliphatic carbocycles. The average molecular weight is 492 g/mol. The molecule has 2 aromatic carbocycles. The minimum atomic E-state index is -0.753. The summed E-state index contributed by atoms with van der Waals surface area (Å²) in [6.45, 7) is 0.442. The van der Waals surface area contributed by atoms with Crippen LogP contribution in [0.25, 0.3) is 5.70 Å². The molecule has 0 unspecified atom stereocenters. The van der Waals surface area contributed by atoms with Crippen LogP contribution in [0.15, 0.2) is 71.7 Å². The van der Waals surface area contributed by atoms with Crippen LogP contribution in [0, 0.1) is 0 Å². The van der Waals surface area contributed by atoms with E-state index in [0.29, 0.717) is 50.9 Å². The Morgan fingerprint density at radius 1 is 0.944 bits per heavy atom. The van der Waals surface area contributed by atoms with Crippen LogP contribution >= 0.6 is 0 Å². The fourth-order valence-corrected chi connectivity index (χ4v) is 3.84. The van der Waals surface area contributed by atoms with Crippen molar-refractivity contribution in [1.29, 1.82) is 0 Å². The molecular formula is C27H33N5O4. The molecule has 2 aromatic rings. The van der Waals surface area contributed by atoms with E-state index in [9.17, 15) is 14.4 Å². The zero-order valence-electron chi connectivity index (χ0n) is 20.2. The van der Waals surface area contributed by atoms with Gasteiger partial charge in [-0.25, -0.2) is 15.3 Å². The fraction of sp³-hybridized carbons (Fsp3) is 0.333. The van der Waals surface area contributed by atoms with Crippen molar-refractivity contribution in [3.8, 4) is 0 Å². The summed E-state index contributed by atoms with van der Waals surface area (Å²) in [5.41, 5.74) is 4.50. The first-order valence-corrected chi connectivity index (χ1v) is 12.2. The lowest BCUT2D eigenvalue weighted by molar-refractivity contribution is -0.129. The van der Waals surface area contributed by atoms with Crippen molar-refractivity contribution in [1.82, 2.24) is 21.4 Å². The summed E-state index contributed by atoms with van der Waals surface area (Å²) in [7, 11) is 0. The van der Waals surface area contributed by atoms with Crippen LogP contribution in [0.2, 0.25) is 0 Å². The summed E-state index contributed by atoms with van der Waals surface area (Å²) in [6.07, 6.45) is 5.62. The van der Waals surface area contributed by atoms with Crippen molar-refractivity contribution in [2.45, 2.75) is 51.0 Å². The van der Waals surface area contributed by atoms with Gasteiger partial charge in [0.05, 0.1) is 5.70 Å². The maximum Gasteiger partial charge on any atom is 0.315 e. The van der Waals surface area contributed by atoms with E-state index in [4.69, 9.17) is 5.21 Å². The molecule has 0 bridgehead atoms. The van der Waals surface area contributed by atoms with E-state index < -0.39 is 18.0 Å². The van der Waals surface area contributed by atoms with Crippen molar-refractivity contribution in [3.63, 3.8) is 0 Å². The smallest absolute Gasteiger partial charge is 0.315 e. The third kappa shape index (κ3) is 8.99. The number of hydroxylamine groups is 1. The molecule has 9 heteroatoms. The van der Waals surface area contributed by atoms with Gasteiger partial charge in [-0.2, -0.15) is 0 Å². The van der Waals surface area contributed by atoms with Crippen LogP contribution < -0.4 is 21.4 Å². The molecule has 190 valence electrons. The number of hydrogen-bond donors (Lipinski definition) is 5. The number of unbranched alkanes of at least 4 members (excludes halogenated alkanes) is 2. The van der Waals surface area contributed by atoms with Gasteiger partial charge in [-0.1, -0.05) is 79.6 Å². The second-order valence-corrected chi connectivity index (χ2v) is 8.53. The third-order valence-corrected chi connectivity index (χ3v) is 5.77. The molecule has 1 aliphatic rings. The predicted octanol–water partition coefficient (Wildman–Crippen LogP) is 3.31. The Balaban J connectivity index is 1.52. The van der Waals surface area contributed by atoms with Gasteiger partial charge in [0.1, 0.15) is 11.9 Å². The summed E-state index contributed by atoms with van der Waals surface area (Å²) in [5, 5.41) is 17.0. The molecule has 0 saturated heterocycles. The maximum absolute atomic E-state index is 13.0. The number of carbonyl (C=O) groups is 3. The summed E-state index contributed by atoms with van der Waals surface area (Å²) < 4.78 is 0. The molecule has 9 nitrogen and oxygen atoms in total. The highest BCUT2D eigenvalue weighted by Gasteiger charge is 2.23. The number of nitrogens with zero attached hydrogens (tertiary/aromatic N) is 1. The number of benzene rings is 2. The minimum absolute atomic E-state index is 0.200. The summed E-state index contributed by atoms with van der Waals surface area (Å²) in [5.74, 6) is -0.237. The van der Waals surface area contributed by atoms with Crippen molar-refractivity contribution in [3.05, 3.63) is 77.9 Å². The number of amides is 4. The van der Waals surface area contributed by atoms with Crippen LogP contribution in [0.4, 0.5) is 4.79 Å². The van der Waals surface area contributed by atoms with Gasteiger partial charge in [-0.15, -0.1) is 0 Å². The molecular weight excluding hydrogens is 458 g/mol. The first-order valence-electron chi connectivity index (χ1n) is 12.2. The number of carbonyl (C=O) groups excluding carboxylic acids is 3. The van der Waals surface area contributed by atoms with Gasteiger partial charge in [0.25, 0.3) is 0 Å². The lowest BCUT2D eigenvalue weighted by atomic mass is 10.1. The number of hydrogen-bond acceptors (Lipinski definition) is 5. The zero-order chi connectivity index (χ0) is 25.6. The Labute approximate surface area is 211 Å². The predicted molar refractivity (Wildman–Crippen MR) is 138 cm³/mol. The monoisotopic (exact) mass is 491 g/mol. The van der Waals surface area contributed by atoms with Crippen LogP contribution in [0.5, 0.6) is 0 Å². The Bertz CT molecular complexity index is 1070. The molecule has 5 N–H and O–H groups in total. The SMILES string of the molecule is O=C(CCCCC[C@H](NC(=O)NCCc1ccccc1)C(=O)NC1=NC(c2ccccc2)=CC1)NO. The first-order chi connectivity index (χ1) is 17.5. The maximum atomic E-state index is 13.0. The molecule has 1 aliphatic heterocycles. The molecule has 0 aromatic heterocycles. The highest BCUT2D eigenvalue weighted by atomic mass is 16.5. The van der Waals surface area contributed by atoms with Gasteiger partial charge in [0.2, 0.25) is 11.8 Å². The number of rotatable bonds is 12. The van der Waals surface area contributed by atoms with Gasteiger partial charge in [0.15, 0.2) is 0 Å². The van der Waals surface area contributed by atoms with E-state index in [0.717, 1.165) is 16.8 Å². The van der Waals surface area contributed by atoms with Gasteiger partial charge in [-0.3, -0.25) is 14.8 Å². The summed E-state index contributed by atoms with van der Waals surface area (Å²) in [6, 6.07) is 18.4. The van der Waals surface area contributed by atoms with Crippen molar-refractivity contribution in [2.75, 3.05) is 6.54 Å². The second-order valence-electron chi connectivity index (χ2n) is 8.53. The van der Waals surface area contributed by atoms with Crippen molar-refractivity contribution < 1.29 is 19.6 Å². The average Bonchev–Trinajstić information content (AvgIpc) is 3.37. The van der Waals surface area contributed by atoms with Crippen LogP contribution in [0.3, 0.4) is 0 Å². The molecule has 0 spiro atoms. The van der Waals surface area contributed by atoms with Crippen molar-refractivity contribution in [2.24, 2.45) is 4.99 Å². The van der Waals surface area contributed by atoms with E-state index in [1.807, 2.05) is 66.7 Å². The Morgan fingerprint density at radius 2 is 1.67 bits per heavy atom. The highest BCUT2D eigenvalue weighted by molar-refractivity contribution is 6.05. The molecule has 0 radical (unpaired) electrons. The Kier molecular flexibility index (Phi) is 10.7. The van der Waals surface area contributed by atoms with E-state index >= 15 is 0 Å². The second kappa shape index (κ2) is 14.4. The van der Waals surface area contributed by atoms with E-state index in [-0.39, 0.29) is 12.3 Å². The molecule has 4 amide bonds. The molecule has 1 atom stereocenters. The summed E-state index contributed by atoms with van der Waals surface area (Å²) >= 11 is 0. The van der Waals surface area contributed by atoms with Gasteiger partial charge < -0.3 is 16.0 Å². The molecule has 0 saturated carbocycles. The lowest BCUT2D eigenvalue weighted by Gasteiger charge is -2.19. The number of aliphatic imine (C=N–C) groups is 1. The number of urea groups is 1. The molecule has 0 fully saturated rings. The normalized spacial score (nSPS) is 13.2. The molecule has 36 heavy (non-hydrogen) atoms. The van der Waals surface area contributed by atoms with Gasteiger partial charge >= 0.3 is 6.03 Å². The number of nitrogens with one attached hydrogen (secondary N) is 4. The fourth-order valence-electron chi connectivity index (χ4n) is 3.84. The quantitative estimate of drug-likeness (QED) is 0.177. The zero-order valence-corrected chi connectivity index (χ0v) is 20.2. The standard InChI is InChI=1S/C27H33N5O4/c33-25(32-36)15-9-3-8-14-23(30-27(35)28-19-18-20-10-4-1-5-11-20)26(34)31-24-17-16-22(29-24)21-12-6-2-7-13-21/h1-2,4-7,10-13,16,23,36H,3,8-9,14-15,17-19H2,(H,32,33)(H2,28,30,35)(H,29,31,34)/t23-/m0/s1. The van der Waals surface area contributed by atoms with E-state index in [1.54, 1.807) is 5.48 Å². The minimum Gasteiger partial charge on any atom is -0.338 e. The molecule has 3 rings (SSSR count). The lowest BCUT2D eigenvalue weighted by Crippen LogP contribution is -2.51. The third-order valence-electron chi connectivity index (χ3n) is 5.77. The summed E-state index contributed by atoms with van der Waals surface area (Å²) in [4.78, 5) is 41.3. The van der Waals surface area contributed by atoms with E-state index in [2.05, 4.69) is 20.9 Å². The van der Waals surface area contributed by atoms with Crippen molar-refractivity contribution >= 4 is 29.4 Å². The topological polar surface area (TPSA) is 132 Å². The Morgan fingerprint density at radius 3 is 2.39 bits per heavy atom. The Hall–Kier alpha value is -3.98. The van der Waals surface area contributed by atoms with E-state index in [1.165, 1.54) is 0 Å².